The Kier molecular flexibility index (Phi) is 8.30. The minimum atomic E-state index is -0.810. The Balaban J connectivity index is 1.81. The van der Waals surface area contributed by atoms with Crippen LogP contribution in [0.2, 0.25) is 5.02 Å². The molecule has 35 heavy (non-hydrogen) atoms. The number of nitro groups is 1. The number of benzene rings is 3. The van der Waals surface area contributed by atoms with Crippen molar-refractivity contribution in [3.63, 3.8) is 0 Å². The largest absolute Gasteiger partial charge is 0.506 e. The van der Waals surface area contributed by atoms with Gasteiger partial charge in [0.1, 0.15) is 24.0 Å². The molecule has 3 aromatic rings. The van der Waals surface area contributed by atoms with E-state index < -0.39 is 16.6 Å². The van der Waals surface area contributed by atoms with Gasteiger partial charge in [0.25, 0.3) is 11.6 Å². The zero-order chi connectivity index (χ0) is 25.5. The second-order valence-corrected chi connectivity index (χ2v) is 8.32. The van der Waals surface area contributed by atoms with Gasteiger partial charge in [-0.15, -0.1) is 0 Å². The van der Waals surface area contributed by atoms with E-state index in [1.54, 1.807) is 30.3 Å². The van der Waals surface area contributed by atoms with E-state index in [4.69, 9.17) is 21.1 Å². The Hall–Kier alpha value is -4.07. The highest BCUT2D eigenvalue weighted by atomic mass is 79.9. The minimum absolute atomic E-state index is 0.0774. The number of anilines is 1. The number of carbonyl (C=O) groups is 1. The molecule has 3 rings (SSSR count). The van der Waals surface area contributed by atoms with Crippen LogP contribution in [0.15, 0.2) is 64.6 Å². The van der Waals surface area contributed by atoms with Crippen LogP contribution in [0.25, 0.3) is 6.08 Å². The molecule has 9 nitrogen and oxygen atoms in total. The lowest BCUT2D eigenvalue weighted by Crippen LogP contribution is -2.13. The Bertz CT molecular complexity index is 1350. The van der Waals surface area contributed by atoms with Gasteiger partial charge in [0, 0.05) is 11.1 Å². The number of nitrogens with one attached hydrogen (secondary N) is 1. The first kappa shape index (κ1) is 25.6. The highest BCUT2D eigenvalue weighted by Crippen LogP contribution is 2.38. The van der Waals surface area contributed by atoms with Crippen LogP contribution in [0.3, 0.4) is 0 Å². The van der Waals surface area contributed by atoms with Crippen LogP contribution in [0.1, 0.15) is 11.1 Å². The molecule has 178 valence electrons. The summed E-state index contributed by atoms with van der Waals surface area (Å²) in [6.07, 6.45) is 1.33. The molecule has 0 aliphatic carbocycles. The van der Waals surface area contributed by atoms with Crippen LogP contribution >= 0.6 is 27.5 Å². The molecule has 0 atom stereocenters. The summed E-state index contributed by atoms with van der Waals surface area (Å²) in [4.78, 5) is 22.7. The molecule has 3 aromatic carbocycles. The third-order valence-corrected chi connectivity index (χ3v) is 5.51. The van der Waals surface area contributed by atoms with Gasteiger partial charge < -0.3 is 19.9 Å². The normalized spacial score (nSPS) is 10.9. The first-order valence-corrected chi connectivity index (χ1v) is 11.0. The summed E-state index contributed by atoms with van der Waals surface area (Å²) in [5.41, 5.74) is 0.669. The van der Waals surface area contributed by atoms with E-state index in [1.165, 1.54) is 19.3 Å². The number of methoxy groups -OCH3 is 1. The summed E-state index contributed by atoms with van der Waals surface area (Å²) in [5.74, 6) is -0.519. The summed E-state index contributed by atoms with van der Waals surface area (Å²) >= 11 is 9.33. The van der Waals surface area contributed by atoms with Crippen LogP contribution in [0.4, 0.5) is 11.4 Å². The number of phenolic OH excluding ortho intramolecular Hbond substituents is 1. The molecule has 2 N–H and O–H groups in total. The SMILES string of the molecule is COc1cc(C=C(C#N)C(=O)Nc2ccc([N+](=O)[O-])cc2O)cc(Br)c1OCc1ccc(Cl)cc1. The summed E-state index contributed by atoms with van der Waals surface area (Å²) in [6.45, 7) is 0.256. The number of carbonyl (C=O) groups excluding carboxylic acids is 1. The Morgan fingerprint density at radius 2 is 1.97 bits per heavy atom. The number of nitro benzene ring substituents is 1. The molecular weight excluding hydrogens is 542 g/mol. The van der Waals surface area contributed by atoms with Gasteiger partial charge in [-0.3, -0.25) is 14.9 Å². The predicted molar refractivity (Wildman–Crippen MR) is 133 cm³/mol. The van der Waals surface area contributed by atoms with E-state index in [0.29, 0.717) is 26.6 Å². The lowest BCUT2D eigenvalue weighted by Gasteiger charge is -2.14. The summed E-state index contributed by atoms with van der Waals surface area (Å²) in [5, 5.41) is 33.2. The molecule has 0 aliphatic rings. The van der Waals surface area contributed by atoms with Gasteiger partial charge in [0.15, 0.2) is 11.5 Å². The highest BCUT2D eigenvalue weighted by molar-refractivity contribution is 9.10. The van der Waals surface area contributed by atoms with Crippen molar-refractivity contribution in [2.75, 3.05) is 12.4 Å². The second-order valence-electron chi connectivity index (χ2n) is 7.03. The molecule has 0 heterocycles. The van der Waals surface area contributed by atoms with Crippen molar-refractivity contribution in [3.8, 4) is 23.3 Å². The molecule has 11 heteroatoms. The summed E-state index contributed by atoms with van der Waals surface area (Å²) in [6, 6.07) is 15.4. The molecule has 0 aromatic heterocycles. The van der Waals surface area contributed by atoms with E-state index in [0.717, 1.165) is 17.7 Å². The van der Waals surface area contributed by atoms with Crippen LogP contribution in [0.5, 0.6) is 17.2 Å². The fourth-order valence-electron chi connectivity index (χ4n) is 2.94. The van der Waals surface area contributed by atoms with Gasteiger partial charge in [-0.25, -0.2) is 0 Å². The van der Waals surface area contributed by atoms with E-state index >= 15 is 0 Å². The monoisotopic (exact) mass is 557 g/mol. The molecule has 0 spiro atoms. The fraction of sp³-hybridized carbons (Fsp3) is 0.0833. The van der Waals surface area contributed by atoms with Crippen molar-refractivity contribution >= 4 is 50.9 Å². The number of rotatable bonds is 8. The molecule has 0 saturated carbocycles. The molecular formula is C24H17BrClN3O6. The lowest BCUT2D eigenvalue weighted by atomic mass is 10.1. The third kappa shape index (κ3) is 6.50. The van der Waals surface area contributed by atoms with Gasteiger partial charge in [0.2, 0.25) is 0 Å². The summed E-state index contributed by atoms with van der Waals surface area (Å²) in [7, 11) is 1.46. The first-order chi connectivity index (χ1) is 16.7. The van der Waals surface area contributed by atoms with Crippen LogP contribution in [-0.4, -0.2) is 23.0 Å². The average molecular weight is 559 g/mol. The molecule has 0 radical (unpaired) electrons. The predicted octanol–water partition coefficient (Wildman–Crippen LogP) is 5.85. The number of phenols is 1. The van der Waals surface area contributed by atoms with Crippen molar-refractivity contribution in [1.29, 1.82) is 5.26 Å². The number of ether oxygens (including phenoxy) is 2. The zero-order valence-electron chi connectivity index (χ0n) is 18.1. The van der Waals surface area contributed by atoms with E-state index in [-0.39, 0.29) is 23.6 Å². The van der Waals surface area contributed by atoms with E-state index in [1.807, 2.05) is 12.1 Å². The van der Waals surface area contributed by atoms with Crippen molar-refractivity contribution in [2.24, 2.45) is 0 Å². The molecule has 0 fully saturated rings. The van der Waals surface area contributed by atoms with Crippen molar-refractivity contribution in [1.82, 2.24) is 0 Å². The number of nitriles is 1. The highest BCUT2D eigenvalue weighted by Gasteiger charge is 2.17. The van der Waals surface area contributed by atoms with Crippen LogP contribution in [0, 0.1) is 21.4 Å². The number of non-ortho nitro benzene ring substituents is 1. The number of hydrogen-bond acceptors (Lipinski definition) is 7. The topological polar surface area (TPSA) is 135 Å². The Morgan fingerprint density at radius 1 is 1.26 bits per heavy atom. The van der Waals surface area contributed by atoms with Gasteiger partial charge in [-0.2, -0.15) is 5.26 Å². The van der Waals surface area contributed by atoms with E-state index in [2.05, 4.69) is 21.2 Å². The van der Waals surface area contributed by atoms with Gasteiger partial charge in [0.05, 0.1) is 28.3 Å². The maximum atomic E-state index is 12.6. The lowest BCUT2D eigenvalue weighted by molar-refractivity contribution is -0.384. The number of nitrogens with zero attached hydrogens (tertiary/aromatic N) is 2. The smallest absolute Gasteiger partial charge is 0.273 e. The van der Waals surface area contributed by atoms with Crippen molar-refractivity contribution in [2.45, 2.75) is 6.61 Å². The number of halogens is 2. The first-order valence-electron chi connectivity index (χ1n) is 9.87. The summed E-state index contributed by atoms with van der Waals surface area (Å²) < 4.78 is 11.8. The van der Waals surface area contributed by atoms with Gasteiger partial charge >= 0.3 is 0 Å². The van der Waals surface area contributed by atoms with E-state index in [9.17, 15) is 25.3 Å². The molecule has 0 unspecified atom stereocenters. The number of aromatic hydroxyl groups is 1. The van der Waals surface area contributed by atoms with Crippen molar-refractivity contribution < 1.29 is 24.3 Å². The van der Waals surface area contributed by atoms with Crippen LogP contribution < -0.4 is 14.8 Å². The number of hydrogen-bond donors (Lipinski definition) is 2. The quantitative estimate of drug-likeness (QED) is 0.116. The molecule has 0 saturated heterocycles. The molecule has 1 amide bonds. The third-order valence-electron chi connectivity index (χ3n) is 4.66. The number of amides is 1. The maximum Gasteiger partial charge on any atom is 0.273 e. The maximum absolute atomic E-state index is 12.6. The van der Waals surface area contributed by atoms with Gasteiger partial charge in [-0.05, 0) is 63.5 Å². The molecule has 0 aliphatic heterocycles. The minimum Gasteiger partial charge on any atom is -0.506 e. The molecule has 0 bridgehead atoms. The Labute approximate surface area is 213 Å². The average Bonchev–Trinajstić information content (AvgIpc) is 2.83. The Morgan fingerprint density at radius 3 is 2.57 bits per heavy atom. The standard InChI is InChI=1S/C24H17BrClN3O6/c1-34-22-10-15(9-19(25)23(22)35-13-14-2-4-17(26)5-3-14)8-16(12-27)24(31)28-20-7-6-18(29(32)33)11-21(20)30/h2-11,30H,13H2,1H3,(H,28,31). The fourth-order valence-corrected chi connectivity index (χ4v) is 3.64. The van der Waals surface area contributed by atoms with Crippen LogP contribution in [-0.2, 0) is 11.4 Å². The second kappa shape index (κ2) is 11.4. The van der Waals surface area contributed by atoms with Crippen molar-refractivity contribution in [3.05, 3.63) is 90.9 Å². The van der Waals surface area contributed by atoms with Gasteiger partial charge in [-0.1, -0.05) is 23.7 Å². The zero-order valence-corrected chi connectivity index (χ0v) is 20.5.